The SMILES string of the molecule is Cc1ccc(CN2C(=O)CCC2c2nc(-c3ccc(Br)cc3)no2)cc1C. The van der Waals surface area contributed by atoms with Crippen LogP contribution in [-0.4, -0.2) is 20.9 Å². The summed E-state index contributed by atoms with van der Waals surface area (Å²) < 4.78 is 6.52. The van der Waals surface area contributed by atoms with E-state index < -0.39 is 0 Å². The van der Waals surface area contributed by atoms with E-state index >= 15 is 0 Å². The van der Waals surface area contributed by atoms with E-state index in [9.17, 15) is 4.79 Å². The monoisotopic (exact) mass is 425 g/mol. The molecule has 0 N–H and O–H groups in total. The Bertz CT molecular complexity index is 981. The lowest BCUT2D eigenvalue weighted by Gasteiger charge is -2.22. The molecule has 1 atom stereocenters. The molecule has 6 heteroatoms. The number of aryl methyl sites for hydroxylation is 2. The summed E-state index contributed by atoms with van der Waals surface area (Å²) in [5.74, 6) is 1.17. The molecule has 1 amide bonds. The van der Waals surface area contributed by atoms with Gasteiger partial charge in [0, 0.05) is 23.0 Å². The van der Waals surface area contributed by atoms with E-state index in [-0.39, 0.29) is 11.9 Å². The highest BCUT2D eigenvalue weighted by Crippen LogP contribution is 2.34. The first kappa shape index (κ1) is 17.9. The fourth-order valence-electron chi connectivity index (χ4n) is 3.37. The molecule has 0 spiro atoms. The van der Waals surface area contributed by atoms with Gasteiger partial charge < -0.3 is 9.42 Å². The molecule has 2 heterocycles. The van der Waals surface area contributed by atoms with Crippen molar-refractivity contribution in [1.29, 1.82) is 0 Å². The highest BCUT2D eigenvalue weighted by molar-refractivity contribution is 9.10. The maximum Gasteiger partial charge on any atom is 0.249 e. The van der Waals surface area contributed by atoms with Crippen molar-refractivity contribution in [2.45, 2.75) is 39.3 Å². The molecule has 1 aromatic heterocycles. The van der Waals surface area contributed by atoms with Gasteiger partial charge in [0.25, 0.3) is 0 Å². The largest absolute Gasteiger partial charge is 0.337 e. The first-order chi connectivity index (χ1) is 13.0. The van der Waals surface area contributed by atoms with Crippen molar-refractivity contribution in [3.63, 3.8) is 0 Å². The summed E-state index contributed by atoms with van der Waals surface area (Å²) in [6.07, 6.45) is 1.21. The Kier molecular flexibility index (Phi) is 4.83. The second kappa shape index (κ2) is 7.27. The molecule has 27 heavy (non-hydrogen) atoms. The van der Waals surface area contributed by atoms with Crippen LogP contribution in [0, 0.1) is 13.8 Å². The topological polar surface area (TPSA) is 59.2 Å². The van der Waals surface area contributed by atoms with Crippen molar-refractivity contribution in [1.82, 2.24) is 15.0 Å². The molecule has 1 fully saturated rings. The van der Waals surface area contributed by atoms with E-state index in [1.165, 1.54) is 11.1 Å². The highest BCUT2D eigenvalue weighted by Gasteiger charge is 2.36. The molecular weight excluding hydrogens is 406 g/mol. The molecule has 1 aliphatic heterocycles. The van der Waals surface area contributed by atoms with Gasteiger partial charge in [-0.05, 0) is 61.2 Å². The zero-order valence-corrected chi connectivity index (χ0v) is 16.9. The number of hydrogen-bond acceptors (Lipinski definition) is 4. The number of carbonyl (C=O) groups is 1. The molecule has 1 aliphatic rings. The number of halogens is 1. The summed E-state index contributed by atoms with van der Waals surface area (Å²) in [4.78, 5) is 18.9. The second-order valence-corrected chi connectivity index (χ2v) is 7.87. The number of benzene rings is 2. The zero-order chi connectivity index (χ0) is 19.0. The number of hydrogen-bond donors (Lipinski definition) is 0. The standard InChI is InChI=1S/C21H20BrN3O2/c1-13-3-4-15(11-14(13)2)12-25-18(9-10-19(25)26)21-23-20(24-27-21)16-5-7-17(22)8-6-16/h3-8,11,18H,9-10,12H2,1-2H3. The molecule has 4 rings (SSSR count). The zero-order valence-electron chi connectivity index (χ0n) is 15.3. The summed E-state index contributed by atoms with van der Waals surface area (Å²) in [5, 5.41) is 4.11. The number of nitrogens with zero attached hydrogens (tertiary/aromatic N) is 3. The maximum absolute atomic E-state index is 12.5. The van der Waals surface area contributed by atoms with Crippen LogP contribution in [0.5, 0.6) is 0 Å². The van der Waals surface area contributed by atoms with Crippen LogP contribution in [0.25, 0.3) is 11.4 Å². The predicted octanol–water partition coefficient (Wildman–Crippen LogP) is 4.98. The van der Waals surface area contributed by atoms with Crippen molar-refractivity contribution in [2.75, 3.05) is 0 Å². The van der Waals surface area contributed by atoms with Gasteiger partial charge in [-0.15, -0.1) is 0 Å². The van der Waals surface area contributed by atoms with Crippen LogP contribution >= 0.6 is 15.9 Å². The first-order valence-electron chi connectivity index (χ1n) is 8.96. The van der Waals surface area contributed by atoms with Gasteiger partial charge >= 0.3 is 0 Å². The molecular formula is C21H20BrN3O2. The van der Waals surface area contributed by atoms with E-state index in [0.717, 1.165) is 15.6 Å². The third-order valence-corrected chi connectivity index (χ3v) is 5.61. The molecule has 1 saturated heterocycles. The van der Waals surface area contributed by atoms with Crippen LogP contribution in [-0.2, 0) is 11.3 Å². The van der Waals surface area contributed by atoms with E-state index in [0.29, 0.717) is 31.1 Å². The fraction of sp³-hybridized carbons (Fsp3) is 0.286. The summed E-state index contributed by atoms with van der Waals surface area (Å²) in [6, 6.07) is 13.9. The maximum atomic E-state index is 12.5. The third-order valence-electron chi connectivity index (χ3n) is 5.08. The average Bonchev–Trinajstić information content (AvgIpc) is 3.27. The smallest absolute Gasteiger partial charge is 0.249 e. The number of carbonyl (C=O) groups excluding carboxylic acids is 1. The van der Waals surface area contributed by atoms with E-state index in [1.807, 2.05) is 29.2 Å². The summed E-state index contributed by atoms with van der Waals surface area (Å²) >= 11 is 3.42. The Morgan fingerprint density at radius 1 is 1.15 bits per heavy atom. The van der Waals surface area contributed by atoms with Gasteiger partial charge in [0.1, 0.15) is 6.04 Å². The number of rotatable bonds is 4. The predicted molar refractivity (Wildman–Crippen MR) is 106 cm³/mol. The highest BCUT2D eigenvalue weighted by atomic mass is 79.9. The van der Waals surface area contributed by atoms with Crippen LogP contribution in [0.2, 0.25) is 0 Å². The fourth-order valence-corrected chi connectivity index (χ4v) is 3.64. The van der Waals surface area contributed by atoms with E-state index in [4.69, 9.17) is 4.52 Å². The number of amides is 1. The van der Waals surface area contributed by atoms with Crippen molar-refractivity contribution < 1.29 is 9.32 Å². The van der Waals surface area contributed by atoms with Crippen molar-refractivity contribution in [3.8, 4) is 11.4 Å². The molecule has 138 valence electrons. The lowest BCUT2D eigenvalue weighted by atomic mass is 10.1. The minimum Gasteiger partial charge on any atom is -0.337 e. The molecule has 2 aromatic carbocycles. The van der Waals surface area contributed by atoms with E-state index in [1.54, 1.807) is 0 Å². The average molecular weight is 426 g/mol. The molecule has 0 aliphatic carbocycles. The molecule has 1 unspecified atom stereocenters. The van der Waals surface area contributed by atoms with Crippen LogP contribution in [0.15, 0.2) is 51.5 Å². The second-order valence-electron chi connectivity index (χ2n) is 6.96. The van der Waals surface area contributed by atoms with Gasteiger partial charge in [-0.2, -0.15) is 4.98 Å². The van der Waals surface area contributed by atoms with Crippen LogP contribution in [0.4, 0.5) is 0 Å². The van der Waals surface area contributed by atoms with Gasteiger partial charge in [-0.3, -0.25) is 4.79 Å². The minimum absolute atomic E-state index is 0.126. The van der Waals surface area contributed by atoms with Crippen molar-refractivity contribution in [2.24, 2.45) is 0 Å². The van der Waals surface area contributed by atoms with Gasteiger partial charge in [-0.1, -0.05) is 39.3 Å². The van der Waals surface area contributed by atoms with Crippen molar-refractivity contribution >= 4 is 21.8 Å². The van der Waals surface area contributed by atoms with Gasteiger partial charge in [-0.25, -0.2) is 0 Å². The Morgan fingerprint density at radius 2 is 1.93 bits per heavy atom. The van der Waals surface area contributed by atoms with Gasteiger partial charge in [0.05, 0.1) is 0 Å². The molecule has 5 nitrogen and oxygen atoms in total. The number of likely N-dealkylation sites (tertiary alicyclic amines) is 1. The molecule has 0 saturated carbocycles. The molecule has 0 bridgehead atoms. The van der Waals surface area contributed by atoms with Crippen molar-refractivity contribution in [3.05, 3.63) is 69.5 Å². The number of aromatic nitrogens is 2. The first-order valence-corrected chi connectivity index (χ1v) is 9.76. The van der Waals surface area contributed by atoms with Crippen LogP contribution in [0.3, 0.4) is 0 Å². The Balaban J connectivity index is 1.57. The quantitative estimate of drug-likeness (QED) is 0.591. The normalized spacial score (nSPS) is 16.9. The van der Waals surface area contributed by atoms with Crippen LogP contribution < -0.4 is 0 Å². The summed E-state index contributed by atoms with van der Waals surface area (Å²) in [7, 11) is 0. The summed E-state index contributed by atoms with van der Waals surface area (Å²) in [6.45, 7) is 4.73. The molecule has 0 radical (unpaired) electrons. The molecule has 3 aromatic rings. The lowest BCUT2D eigenvalue weighted by Crippen LogP contribution is -2.27. The van der Waals surface area contributed by atoms with E-state index in [2.05, 4.69) is 58.1 Å². The Hall–Kier alpha value is -2.47. The minimum atomic E-state index is -0.171. The summed E-state index contributed by atoms with van der Waals surface area (Å²) in [5.41, 5.74) is 4.48. The van der Waals surface area contributed by atoms with Gasteiger partial charge in [0.2, 0.25) is 17.6 Å². The van der Waals surface area contributed by atoms with Gasteiger partial charge in [0.15, 0.2) is 0 Å². The van der Waals surface area contributed by atoms with Crippen LogP contribution in [0.1, 0.15) is 41.5 Å². The lowest BCUT2D eigenvalue weighted by molar-refractivity contribution is -0.129. The Morgan fingerprint density at radius 3 is 2.67 bits per heavy atom. The Labute approximate surface area is 166 Å². The third kappa shape index (κ3) is 3.67.